The van der Waals surface area contributed by atoms with Crippen molar-refractivity contribution in [3.63, 3.8) is 0 Å². The molecule has 4 nitrogen and oxygen atoms in total. The van der Waals surface area contributed by atoms with Gasteiger partial charge in [-0.3, -0.25) is 4.68 Å². The Morgan fingerprint density at radius 3 is 2.86 bits per heavy atom. The number of aromatic nitrogens is 2. The lowest BCUT2D eigenvalue weighted by molar-refractivity contribution is -0.0158. The molecule has 0 amide bonds. The molecule has 0 spiro atoms. The van der Waals surface area contributed by atoms with Crippen LogP contribution in [0.4, 0.5) is 0 Å². The molecule has 0 bridgehead atoms. The van der Waals surface area contributed by atoms with Gasteiger partial charge in [-0.15, -0.1) is 0 Å². The Labute approximate surface area is 166 Å². The molecule has 3 aliphatic rings. The van der Waals surface area contributed by atoms with Crippen LogP contribution >= 0.6 is 0 Å². The molecule has 5 atom stereocenters. The van der Waals surface area contributed by atoms with E-state index in [1.165, 1.54) is 16.7 Å². The molecule has 2 aromatic rings. The summed E-state index contributed by atoms with van der Waals surface area (Å²) in [4.78, 5) is 0. The van der Waals surface area contributed by atoms with E-state index < -0.39 is 0 Å². The molecule has 5 rings (SSSR count). The van der Waals surface area contributed by atoms with Crippen molar-refractivity contribution in [1.82, 2.24) is 9.78 Å². The fourth-order valence-corrected chi connectivity index (χ4v) is 6.53. The van der Waals surface area contributed by atoms with E-state index >= 15 is 0 Å². The number of benzene rings is 1. The van der Waals surface area contributed by atoms with Gasteiger partial charge in [-0.25, -0.2) is 0 Å². The second-order valence-corrected chi connectivity index (χ2v) is 9.51. The number of phenolic OH excluding ortho intramolecular Hbond substituents is 1. The maximum atomic E-state index is 11.3. The lowest BCUT2D eigenvalue weighted by Gasteiger charge is -2.49. The first kappa shape index (κ1) is 18.0. The van der Waals surface area contributed by atoms with Gasteiger partial charge < -0.3 is 10.2 Å². The molecule has 4 heteroatoms. The van der Waals surface area contributed by atoms with Crippen LogP contribution in [0.5, 0.6) is 5.75 Å². The van der Waals surface area contributed by atoms with Gasteiger partial charge in [-0.05, 0) is 91.7 Å². The fourth-order valence-electron chi connectivity index (χ4n) is 6.53. The van der Waals surface area contributed by atoms with Crippen molar-refractivity contribution >= 4 is 6.08 Å². The number of rotatable bonds is 1. The highest BCUT2D eigenvalue weighted by molar-refractivity contribution is 5.57. The topological polar surface area (TPSA) is 58.3 Å². The maximum Gasteiger partial charge on any atom is 0.115 e. The van der Waals surface area contributed by atoms with Gasteiger partial charge in [0.2, 0.25) is 0 Å². The van der Waals surface area contributed by atoms with E-state index in [1.54, 1.807) is 0 Å². The summed E-state index contributed by atoms with van der Waals surface area (Å²) in [7, 11) is 1.95. The molecule has 2 saturated carbocycles. The highest BCUT2D eigenvalue weighted by atomic mass is 16.3. The Balaban J connectivity index is 1.49. The zero-order valence-electron chi connectivity index (χ0n) is 17.0. The zero-order chi connectivity index (χ0) is 19.6. The second kappa shape index (κ2) is 6.21. The van der Waals surface area contributed by atoms with Crippen LogP contribution in [0, 0.1) is 24.2 Å². The molecule has 0 unspecified atom stereocenters. The van der Waals surface area contributed by atoms with Crippen LogP contribution in [0.3, 0.4) is 0 Å². The molecule has 2 fully saturated rings. The fraction of sp³-hybridized carbons (Fsp3) is 0.542. The van der Waals surface area contributed by atoms with Crippen LogP contribution in [0.2, 0.25) is 0 Å². The number of fused-ring (bicyclic) bond motifs is 5. The summed E-state index contributed by atoms with van der Waals surface area (Å²) in [5.74, 6) is 2.08. The number of hydrogen-bond donors (Lipinski definition) is 2. The SMILES string of the molecule is Cc1nn(C)cc1/C=C1\C[C@@H]2[C@@H]3CCc4cc(O)ccc4[C@@H]3CC[C@]2(C)[C@H]1O. The van der Waals surface area contributed by atoms with Gasteiger partial charge in [-0.1, -0.05) is 13.0 Å². The Morgan fingerprint density at radius 1 is 1.29 bits per heavy atom. The largest absolute Gasteiger partial charge is 0.508 e. The predicted molar refractivity (Wildman–Crippen MR) is 110 cm³/mol. The first-order valence-corrected chi connectivity index (χ1v) is 10.6. The molecule has 3 aliphatic carbocycles. The zero-order valence-corrected chi connectivity index (χ0v) is 17.0. The third kappa shape index (κ3) is 2.57. The highest BCUT2D eigenvalue weighted by Crippen LogP contribution is 2.62. The Bertz CT molecular complexity index is 960. The normalized spacial score (nSPS) is 35.5. The number of aryl methyl sites for hydroxylation is 3. The van der Waals surface area contributed by atoms with Crippen molar-refractivity contribution in [3.8, 4) is 5.75 Å². The number of aliphatic hydroxyl groups is 1. The van der Waals surface area contributed by atoms with E-state index in [1.807, 2.05) is 37.0 Å². The Kier molecular flexibility index (Phi) is 3.99. The van der Waals surface area contributed by atoms with Crippen LogP contribution in [0.15, 0.2) is 30.0 Å². The average Bonchev–Trinajstić information content (AvgIpc) is 3.11. The summed E-state index contributed by atoms with van der Waals surface area (Å²) in [6, 6.07) is 5.94. The number of phenols is 1. The molecular formula is C24H30N2O2. The molecule has 0 radical (unpaired) electrons. The van der Waals surface area contributed by atoms with E-state index in [-0.39, 0.29) is 11.5 Å². The van der Waals surface area contributed by atoms with E-state index in [4.69, 9.17) is 0 Å². The Morgan fingerprint density at radius 2 is 2.11 bits per heavy atom. The number of hydrogen-bond acceptors (Lipinski definition) is 3. The monoisotopic (exact) mass is 378 g/mol. The molecule has 2 N–H and O–H groups in total. The van der Waals surface area contributed by atoms with Gasteiger partial charge in [0.15, 0.2) is 0 Å². The molecule has 1 heterocycles. The number of aromatic hydroxyl groups is 1. The van der Waals surface area contributed by atoms with Gasteiger partial charge in [0.25, 0.3) is 0 Å². The van der Waals surface area contributed by atoms with E-state index in [0.29, 0.717) is 23.5 Å². The van der Waals surface area contributed by atoms with Gasteiger partial charge in [0.1, 0.15) is 5.75 Å². The summed E-state index contributed by atoms with van der Waals surface area (Å²) in [6.07, 6.45) is 9.25. The molecule has 1 aromatic heterocycles. The lowest BCUT2D eigenvalue weighted by atomic mass is 9.55. The minimum Gasteiger partial charge on any atom is -0.508 e. The van der Waals surface area contributed by atoms with Crippen molar-refractivity contribution in [1.29, 1.82) is 0 Å². The molecule has 0 saturated heterocycles. The van der Waals surface area contributed by atoms with Crippen molar-refractivity contribution in [2.75, 3.05) is 0 Å². The molecule has 28 heavy (non-hydrogen) atoms. The van der Waals surface area contributed by atoms with Gasteiger partial charge in [0.05, 0.1) is 11.8 Å². The lowest BCUT2D eigenvalue weighted by Crippen LogP contribution is -2.44. The third-order valence-corrected chi connectivity index (χ3v) is 7.97. The Hall–Kier alpha value is -2.07. The average molecular weight is 379 g/mol. The van der Waals surface area contributed by atoms with Crippen molar-refractivity contribution in [2.24, 2.45) is 24.3 Å². The molecule has 0 aliphatic heterocycles. The number of nitrogens with zero attached hydrogens (tertiary/aromatic N) is 2. The summed E-state index contributed by atoms with van der Waals surface area (Å²) in [5, 5.41) is 25.6. The first-order valence-electron chi connectivity index (χ1n) is 10.6. The summed E-state index contributed by atoms with van der Waals surface area (Å²) in [6.45, 7) is 4.34. The van der Waals surface area contributed by atoms with Crippen LogP contribution in [-0.2, 0) is 13.5 Å². The minimum atomic E-state index is -0.362. The van der Waals surface area contributed by atoms with Crippen molar-refractivity contribution in [3.05, 3.63) is 52.4 Å². The third-order valence-electron chi connectivity index (χ3n) is 7.97. The quantitative estimate of drug-likeness (QED) is 0.776. The van der Waals surface area contributed by atoms with E-state index in [2.05, 4.69) is 24.2 Å². The smallest absolute Gasteiger partial charge is 0.115 e. The van der Waals surface area contributed by atoms with Crippen molar-refractivity contribution < 1.29 is 10.2 Å². The first-order chi connectivity index (χ1) is 13.4. The standard InChI is InChI=1S/C24H30N2O2/c1-14-17(13-26(3)25-14)10-16-12-22-21-6-4-15-11-18(27)5-7-19(15)20(21)8-9-24(22,2)23(16)28/h5,7,10-11,13,20-23,27-28H,4,6,8-9,12H2,1-3H3/b16-10+/t20-,21+,22+,23-,24-/m0/s1. The molecular weight excluding hydrogens is 348 g/mol. The number of aliphatic hydroxyl groups excluding tert-OH is 1. The van der Waals surface area contributed by atoms with Gasteiger partial charge in [-0.2, -0.15) is 5.10 Å². The van der Waals surface area contributed by atoms with E-state index in [0.717, 1.165) is 43.4 Å². The highest BCUT2D eigenvalue weighted by Gasteiger charge is 2.56. The molecule has 148 valence electrons. The predicted octanol–water partition coefficient (Wildman–Crippen LogP) is 4.34. The second-order valence-electron chi connectivity index (χ2n) is 9.51. The van der Waals surface area contributed by atoms with Gasteiger partial charge >= 0.3 is 0 Å². The summed E-state index contributed by atoms with van der Waals surface area (Å²) in [5.41, 5.74) is 6.06. The summed E-state index contributed by atoms with van der Waals surface area (Å²) < 4.78 is 1.85. The van der Waals surface area contributed by atoms with Crippen LogP contribution < -0.4 is 0 Å². The van der Waals surface area contributed by atoms with Gasteiger partial charge in [0, 0.05) is 24.2 Å². The van der Waals surface area contributed by atoms with Crippen molar-refractivity contribution in [2.45, 2.75) is 58.0 Å². The maximum absolute atomic E-state index is 11.3. The van der Waals surface area contributed by atoms with Crippen LogP contribution in [0.25, 0.3) is 6.08 Å². The summed E-state index contributed by atoms with van der Waals surface area (Å²) >= 11 is 0. The minimum absolute atomic E-state index is 0.0302. The van der Waals surface area contributed by atoms with E-state index in [9.17, 15) is 10.2 Å². The van der Waals surface area contributed by atoms with Crippen LogP contribution in [0.1, 0.15) is 60.9 Å². The molecule has 1 aromatic carbocycles. The van der Waals surface area contributed by atoms with Crippen LogP contribution in [-0.4, -0.2) is 26.1 Å².